The maximum absolute atomic E-state index is 8.95. The van der Waals surface area contributed by atoms with Gasteiger partial charge < -0.3 is 5.11 Å². The molecule has 0 fully saturated rings. The summed E-state index contributed by atoms with van der Waals surface area (Å²) in [5.74, 6) is 0.964. The highest BCUT2D eigenvalue weighted by Gasteiger charge is 1.97. The molecule has 0 aliphatic heterocycles. The summed E-state index contributed by atoms with van der Waals surface area (Å²) in [6.07, 6.45) is 0. The highest BCUT2D eigenvalue weighted by molar-refractivity contribution is 9.10. The molecule has 2 aromatic rings. The van der Waals surface area contributed by atoms with Crippen molar-refractivity contribution in [3.05, 3.63) is 64.1 Å². The van der Waals surface area contributed by atoms with E-state index in [9.17, 15) is 0 Å². The third kappa shape index (κ3) is 3.87. The lowest BCUT2D eigenvalue weighted by Crippen LogP contribution is -1.83. The van der Waals surface area contributed by atoms with Gasteiger partial charge in [-0.05, 0) is 35.4 Å². The second-order valence-electron chi connectivity index (χ2n) is 3.72. The Balaban J connectivity index is 1.95. The molecule has 0 radical (unpaired) electrons. The molecule has 0 bridgehead atoms. The van der Waals surface area contributed by atoms with Gasteiger partial charge in [0, 0.05) is 15.1 Å². The number of rotatable bonds is 4. The maximum atomic E-state index is 8.95. The maximum Gasteiger partial charge on any atom is 0.0681 e. The number of benzene rings is 2. The van der Waals surface area contributed by atoms with Crippen molar-refractivity contribution >= 4 is 27.7 Å². The van der Waals surface area contributed by atoms with Gasteiger partial charge in [-0.2, -0.15) is 0 Å². The Labute approximate surface area is 114 Å². The lowest BCUT2D eigenvalue weighted by Gasteiger charge is -2.03. The zero-order valence-corrected chi connectivity index (χ0v) is 11.7. The molecule has 0 heterocycles. The molecular weight excluding hydrogens is 296 g/mol. The zero-order valence-electron chi connectivity index (χ0n) is 9.27. The monoisotopic (exact) mass is 308 g/mol. The van der Waals surface area contributed by atoms with Crippen molar-refractivity contribution in [2.24, 2.45) is 0 Å². The van der Waals surface area contributed by atoms with E-state index in [1.54, 1.807) is 11.8 Å². The topological polar surface area (TPSA) is 20.2 Å². The minimum Gasteiger partial charge on any atom is -0.392 e. The van der Waals surface area contributed by atoms with E-state index in [0.29, 0.717) is 0 Å². The second-order valence-corrected chi connectivity index (χ2v) is 5.68. The molecule has 0 atom stereocenters. The van der Waals surface area contributed by atoms with Crippen molar-refractivity contribution in [3.8, 4) is 0 Å². The molecule has 0 spiro atoms. The van der Waals surface area contributed by atoms with Crippen LogP contribution in [0.4, 0.5) is 0 Å². The molecule has 0 saturated carbocycles. The quantitative estimate of drug-likeness (QED) is 0.853. The molecule has 2 aromatic carbocycles. The molecule has 0 aliphatic rings. The van der Waals surface area contributed by atoms with Crippen LogP contribution in [0.2, 0.25) is 0 Å². The molecule has 0 saturated heterocycles. The van der Waals surface area contributed by atoms with Crippen LogP contribution < -0.4 is 0 Å². The van der Waals surface area contributed by atoms with Crippen LogP contribution in [0.3, 0.4) is 0 Å². The number of aliphatic hydroxyl groups is 1. The Kier molecular flexibility index (Phi) is 4.66. The van der Waals surface area contributed by atoms with Crippen LogP contribution in [0.25, 0.3) is 0 Å². The molecule has 17 heavy (non-hydrogen) atoms. The average molecular weight is 309 g/mol. The first-order valence-corrected chi connectivity index (χ1v) is 7.13. The number of thioether (sulfide) groups is 1. The molecule has 1 nitrogen and oxygen atoms in total. The Bertz CT molecular complexity index is 465. The molecular formula is C14H13BrOS. The normalized spacial score (nSPS) is 10.5. The van der Waals surface area contributed by atoms with E-state index in [-0.39, 0.29) is 6.61 Å². The van der Waals surface area contributed by atoms with E-state index < -0.39 is 0 Å². The van der Waals surface area contributed by atoms with Crippen molar-refractivity contribution < 1.29 is 5.11 Å². The summed E-state index contributed by atoms with van der Waals surface area (Å²) in [7, 11) is 0. The smallest absolute Gasteiger partial charge is 0.0681 e. The van der Waals surface area contributed by atoms with Crippen LogP contribution >= 0.6 is 27.7 Å². The summed E-state index contributed by atoms with van der Waals surface area (Å²) in [5, 5.41) is 8.95. The lowest BCUT2D eigenvalue weighted by molar-refractivity contribution is 0.282. The molecule has 3 heteroatoms. The Morgan fingerprint density at radius 2 is 1.47 bits per heavy atom. The molecule has 1 N–H and O–H groups in total. The average Bonchev–Trinajstić information content (AvgIpc) is 2.39. The largest absolute Gasteiger partial charge is 0.392 e. The summed E-state index contributed by atoms with van der Waals surface area (Å²) in [6.45, 7) is 0.109. The molecule has 0 unspecified atom stereocenters. The minimum absolute atomic E-state index is 0.109. The van der Waals surface area contributed by atoms with Gasteiger partial charge in [-0.25, -0.2) is 0 Å². The van der Waals surface area contributed by atoms with Gasteiger partial charge in [0.1, 0.15) is 0 Å². The molecule has 0 amide bonds. The first-order chi connectivity index (χ1) is 8.28. The van der Waals surface area contributed by atoms with Crippen molar-refractivity contribution in [2.75, 3.05) is 0 Å². The molecule has 2 rings (SSSR count). The zero-order chi connectivity index (χ0) is 12.1. The van der Waals surface area contributed by atoms with Crippen LogP contribution in [0.5, 0.6) is 0 Å². The SMILES string of the molecule is OCc1ccc(SCc2ccc(Br)cc2)cc1. The summed E-state index contributed by atoms with van der Waals surface area (Å²) in [5.41, 5.74) is 2.27. The highest BCUT2D eigenvalue weighted by Crippen LogP contribution is 2.23. The number of aliphatic hydroxyl groups excluding tert-OH is 1. The van der Waals surface area contributed by atoms with Crippen molar-refractivity contribution in [3.63, 3.8) is 0 Å². The van der Waals surface area contributed by atoms with E-state index >= 15 is 0 Å². The van der Waals surface area contributed by atoms with Gasteiger partial charge in [0.25, 0.3) is 0 Å². The van der Waals surface area contributed by atoms with Crippen LogP contribution in [-0.2, 0) is 12.4 Å². The van der Waals surface area contributed by atoms with Gasteiger partial charge >= 0.3 is 0 Å². The second kappa shape index (κ2) is 6.24. The fourth-order valence-corrected chi connectivity index (χ4v) is 2.56. The predicted octanol–water partition coefficient (Wildman–Crippen LogP) is 4.23. The van der Waals surface area contributed by atoms with Gasteiger partial charge in [-0.3, -0.25) is 0 Å². The fraction of sp³-hybridized carbons (Fsp3) is 0.143. The van der Waals surface area contributed by atoms with Gasteiger partial charge in [0.05, 0.1) is 6.61 Å². The fourth-order valence-electron chi connectivity index (χ4n) is 1.44. The van der Waals surface area contributed by atoms with E-state index in [0.717, 1.165) is 15.8 Å². The number of hydrogen-bond acceptors (Lipinski definition) is 2. The molecule has 0 aromatic heterocycles. The highest BCUT2D eigenvalue weighted by atomic mass is 79.9. The first-order valence-electron chi connectivity index (χ1n) is 5.35. The van der Waals surface area contributed by atoms with Gasteiger partial charge in [0.2, 0.25) is 0 Å². The third-order valence-electron chi connectivity index (χ3n) is 2.42. The number of hydrogen-bond donors (Lipinski definition) is 1. The Morgan fingerprint density at radius 3 is 2.06 bits per heavy atom. The van der Waals surface area contributed by atoms with Gasteiger partial charge in [-0.15, -0.1) is 11.8 Å². The van der Waals surface area contributed by atoms with Crippen LogP contribution in [0.1, 0.15) is 11.1 Å². The summed E-state index contributed by atoms with van der Waals surface area (Å²) < 4.78 is 1.11. The van der Waals surface area contributed by atoms with Crippen molar-refractivity contribution in [2.45, 2.75) is 17.3 Å². The van der Waals surface area contributed by atoms with Gasteiger partial charge in [-0.1, -0.05) is 40.2 Å². The third-order valence-corrected chi connectivity index (χ3v) is 4.04. The van der Waals surface area contributed by atoms with Gasteiger partial charge in [0.15, 0.2) is 0 Å². The summed E-state index contributed by atoms with van der Waals surface area (Å²) in [6, 6.07) is 16.4. The predicted molar refractivity (Wildman–Crippen MR) is 76.1 cm³/mol. The van der Waals surface area contributed by atoms with Crippen LogP contribution in [-0.4, -0.2) is 5.11 Å². The minimum atomic E-state index is 0.109. The Hall–Kier alpha value is -0.770. The van der Waals surface area contributed by atoms with E-state index in [1.165, 1.54) is 10.5 Å². The van der Waals surface area contributed by atoms with E-state index in [1.807, 2.05) is 12.1 Å². The van der Waals surface area contributed by atoms with Crippen LogP contribution in [0.15, 0.2) is 57.9 Å². The lowest BCUT2D eigenvalue weighted by atomic mass is 10.2. The Morgan fingerprint density at radius 1 is 0.882 bits per heavy atom. The van der Waals surface area contributed by atoms with Crippen LogP contribution in [0, 0.1) is 0 Å². The summed E-state index contributed by atoms with van der Waals surface area (Å²) in [4.78, 5) is 1.23. The molecule has 0 aliphatic carbocycles. The van der Waals surface area contributed by atoms with E-state index in [2.05, 4.69) is 52.3 Å². The van der Waals surface area contributed by atoms with Crippen molar-refractivity contribution in [1.29, 1.82) is 0 Å². The van der Waals surface area contributed by atoms with Crippen molar-refractivity contribution in [1.82, 2.24) is 0 Å². The van der Waals surface area contributed by atoms with E-state index in [4.69, 9.17) is 5.11 Å². The standard InChI is InChI=1S/C14H13BrOS/c15-13-5-1-12(2-6-13)10-17-14-7-3-11(9-16)4-8-14/h1-8,16H,9-10H2. The first kappa shape index (κ1) is 12.7. The number of halogens is 1. The summed E-state index contributed by atoms with van der Waals surface area (Å²) >= 11 is 5.23. The molecule has 88 valence electrons.